The molecule has 0 aliphatic carbocycles. The van der Waals surface area contributed by atoms with Gasteiger partial charge in [-0.25, -0.2) is 9.59 Å². The lowest BCUT2D eigenvalue weighted by Crippen LogP contribution is -2.34. The Morgan fingerprint density at radius 2 is 1.69 bits per heavy atom. The number of nitrogens with one attached hydrogen (secondary N) is 2. The van der Waals surface area contributed by atoms with Crippen molar-refractivity contribution in [2.24, 2.45) is 0 Å². The molecular weight excluding hydrogens is 412 g/mol. The molecule has 0 saturated carbocycles. The number of rotatable bonds is 5. The van der Waals surface area contributed by atoms with Crippen LogP contribution in [0.2, 0.25) is 0 Å². The quantitative estimate of drug-likeness (QED) is 0.547. The van der Waals surface area contributed by atoms with Crippen LogP contribution in [0, 0.1) is 20.8 Å². The predicted molar refractivity (Wildman–Crippen MR) is 116 cm³/mol. The molecule has 7 nitrogen and oxygen atoms in total. The summed E-state index contributed by atoms with van der Waals surface area (Å²) in [5.41, 5.74) is 2.98. The summed E-state index contributed by atoms with van der Waals surface area (Å²) in [4.78, 5) is 37.1. The maximum atomic E-state index is 12.5. The molecule has 0 fully saturated rings. The summed E-state index contributed by atoms with van der Waals surface area (Å²) in [7, 11) is 1.26. The first-order valence-corrected chi connectivity index (χ1v) is 9.99. The van der Waals surface area contributed by atoms with Crippen molar-refractivity contribution in [3.05, 3.63) is 50.9 Å². The zero-order valence-corrected chi connectivity index (χ0v) is 18.4. The highest BCUT2D eigenvalue weighted by Crippen LogP contribution is 2.34. The third kappa shape index (κ3) is 5.39. The Hall–Kier alpha value is -2.78. The van der Waals surface area contributed by atoms with Crippen LogP contribution in [-0.4, -0.2) is 36.7 Å². The summed E-state index contributed by atoms with van der Waals surface area (Å²) in [5, 5.41) is 5.71. The molecule has 0 radical (unpaired) electrons. The van der Waals surface area contributed by atoms with E-state index in [-0.39, 0.29) is 28.1 Å². The van der Waals surface area contributed by atoms with Crippen molar-refractivity contribution < 1.29 is 23.9 Å². The number of hydrogen-bond acceptors (Lipinski definition) is 7. The van der Waals surface area contributed by atoms with E-state index in [2.05, 4.69) is 10.6 Å². The number of carbonyl (C=O) groups excluding carboxylic acids is 3. The van der Waals surface area contributed by atoms with Crippen LogP contribution in [0.1, 0.15) is 54.0 Å². The third-order valence-electron chi connectivity index (χ3n) is 3.94. The molecule has 29 heavy (non-hydrogen) atoms. The number of carbonyl (C=O) groups is 3. The van der Waals surface area contributed by atoms with Crippen molar-refractivity contribution in [1.29, 1.82) is 0 Å². The Morgan fingerprint density at radius 1 is 1.07 bits per heavy atom. The van der Waals surface area contributed by atoms with Crippen LogP contribution in [0.25, 0.3) is 0 Å². The Kier molecular flexibility index (Phi) is 7.46. The van der Waals surface area contributed by atoms with Gasteiger partial charge < -0.3 is 14.8 Å². The van der Waals surface area contributed by atoms with Crippen LogP contribution in [0.3, 0.4) is 0 Å². The lowest BCUT2D eigenvalue weighted by atomic mass is 10.1. The van der Waals surface area contributed by atoms with Crippen molar-refractivity contribution in [2.45, 2.75) is 27.7 Å². The van der Waals surface area contributed by atoms with E-state index in [9.17, 15) is 14.4 Å². The first-order valence-electron chi connectivity index (χ1n) is 8.77. The fraction of sp³-hybridized carbons (Fsp3) is 0.300. The molecule has 0 unspecified atom stereocenters. The van der Waals surface area contributed by atoms with Gasteiger partial charge in [0.15, 0.2) is 5.11 Å². The number of thiophene rings is 1. The second kappa shape index (κ2) is 9.62. The zero-order valence-electron chi connectivity index (χ0n) is 16.8. The minimum absolute atomic E-state index is 0.00243. The van der Waals surface area contributed by atoms with Crippen molar-refractivity contribution in [3.8, 4) is 0 Å². The van der Waals surface area contributed by atoms with E-state index in [4.69, 9.17) is 21.7 Å². The number of methoxy groups -OCH3 is 1. The lowest BCUT2D eigenvalue weighted by Gasteiger charge is -2.11. The highest BCUT2D eigenvalue weighted by atomic mass is 32.1. The first kappa shape index (κ1) is 22.5. The zero-order chi connectivity index (χ0) is 21.7. The van der Waals surface area contributed by atoms with E-state index in [1.165, 1.54) is 7.11 Å². The SMILES string of the molecule is CCOC(=O)c1c(NC(=S)NC(=O)c2cc(C)cc(C)c2)sc(C(=O)OC)c1C. The van der Waals surface area contributed by atoms with Crippen LogP contribution < -0.4 is 10.6 Å². The summed E-state index contributed by atoms with van der Waals surface area (Å²) >= 11 is 6.23. The van der Waals surface area contributed by atoms with Gasteiger partial charge >= 0.3 is 11.9 Å². The van der Waals surface area contributed by atoms with Crippen LogP contribution in [0.5, 0.6) is 0 Å². The number of aryl methyl sites for hydroxylation is 2. The maximum Gasteiger partial charge on any atom is 0.348 e. The minimum Gasteiger partial charge on any atom is -0.465 e. The molecular formula is C20H22N2O5S2. The Bertz CT molecular complexity index is 961. The van der Waals surface area contributed by atoms with Crippen LogP contribution in [0.15, 0.2) is 18.2 Å². The van der Waals surface area contributed by atoms with Crippen LogP contribution in [0.4, 0.5) is 5.00 Å². The molecule has 0 bridgehead atoms. The summed E-state index contributed by atoms with van der Waals surface area (Å²) in [6.45, 7) is 7.28. The minimum atomic E-state index is -0.595. The second-order valence-corrected chi connectivity index (χ2v) is 7.69. The summed E-state index contributed by atoms with van der Waals surface area (Å²) in [5.74, 6) is -1.55. The third-order valence-corrected chi connectivity index (χ3v) is 5.33. The Labute approximate surface area is 178 Å². The van der Waals surface area contributed by atoms with Crippen LogP contribution >= 0.6 is 23.6 Å². The normalized spacial score (nSPS) is 10.2. The van der Waals surface area contributed by atoms with Gasteiger partial charge in [0.25, 0.3) is 5.91 Å². The summed E-state index contributed by atoms with van der Waals surface area (Å²) in [6.07, 6.45) is 0. The number of anilines is 1. The number of esters is 2. The second-order valence-electron chi connectivity index (χ2n) is 6.26. The molecule has 0 aliphatic heterocycles. The molecule has 0 spiro atoms. The number of thiocarbonyl (C=S) groups is 1. The van der Waals surface area contributed by atoms with E-state index in [0.29, 0.717) is 16.1 Å². The molecule has 2 aromatic rings. The van der Waals surface area contributed by atoms with Crippen LogP contribution in [-0.2, 0) is 9.47 Å². The Balaban J connectivity index is 2.27. The van der Waals surface area contributed by atoms with E-state index in [1.54, 1.807) is 26.0 Å². The molecule has 2 rings (SSSR count). The molecule has 1 aromatic carbocycles. The van der Waals surface area contributed by atoms with Gasteiger partial charge in [0, 0.05) is 5.56 Å². The topological polar surface area (TPSA) is 93.7 Å². The van der Waals surface area contributed by atoms with Gasteiger partial charge in [-0.05, 0) is 57.6 Å². The van der Waals surface area contributed by atoms with Gasteiger partial charge in [-0.15, -0.1) is 11.3 Å². The number of amides is 1. The standard InChI is InChI=1S/C20H22N2O5S2/c1-6-27-18(24)14-12(4)15(19(25)26-5)29-17(14)22-20(28)21-16(23)13-8-10(2)7-11(3)9-13/h7-9H,6H2,1-5H3,(H2,21,22,23,28). The van der Waals surface area contributed by atoms with E-state index in [1.807, 2.05) is 19.9 Å². The highest BCUT2D eigenvalue weighted by molar-refractivity contribution is 7.80. The van der Waals surface area contributed by atoms with Gasteiger partial charge in [-0.1, -0.05) is 17.2 Å². The summed E-state index contributed by atoms with van der Waals surface area (Å²) in [6, 6.07) is 5.46. The largest absolute Gasteiger partial charge is 0.465 e. The molecule has 0 aliphatic rings. The molecule has 0 atom stereocenters. The van der Waals surface area contributed by atoms with E-state index >= 15 is 0 Å². The highest BCUT2D eigenvalue weighted by Gasteiger charge is 2.26. The molecule has 1 aromatic heterocycles. The molecule has 2 N–H and O–H groups in total. The average molecular weight is 435 g/mol. The van der Waals surface area contributed by atoms with Crippen molar-refractivity contribution in [3.63, 3.8) is 0 Å². The molecule has 154 valence electrons. The smallest absolute Gasteiger partial charge is 0.348 e. The van der Waals surface area contributed by atoms with E-state index < -0.39 is 11.9 Å². The van der Waals surface area contributed by atoms with Crippen molar-refractivity contribution in [1.82, 2.24) is 5.32 Å². The van der Waals surface area contributed by atoms with Gasteiger partial charge in [0.1, 0.15) is 9.88 Å². The first-order chi connectivity index (χ1) is 13.7. The molecule has 9 heteroatoms. The van der Waals surface area contributed by atoms with Gasteiger partial charge in [0.2, 0.25) is 0 Å². The average Bonchev–Trinajstić information content (AvgIpc) is 2.96. The fourth-order valence-electron chi connectivity index (χ4n) is 2.75. The predicted octanol–water partition coefficient (Wildman–Crippen LogP) is 3.76. The Morgan fingerprint density at radius 3 is 2.24 bits per heavy atom. The molecule has 1 heterocycles. The van der Waals surface area contributed by atoms with Gasteiger partial charge in [-0.2, -0.15) is 0 Å². The fourth-order valence-corrected chi connectivity index (χ4v) is 4.13. The lowest BCUT2D eigenvalue weighted by molar-refractivity contribution is 0.0527. The summed E-state index contributed by atoms with van der Waals surface area (Å²) < 4.78 is 9.84. The maximum absolute atomic E-state index is 12.5. The van der Waals surface area contributed by atoms with Crippen molar-refractivity contribution >= 4 is 51.5 Å². The molecule has 1 amide bonds. The van der Waals surface area contributed by atoms with Gasteiger partial charge in [0.05, 0.1) is 19.3 Å². The number of ether oxygens (including phenoxy) is 2. The molecule has 0 saturated heterocycles. The van der Waals surface area contributed by atoms with E-state index in [0.717, 1.165) is 22.5 Å². The van der Waals surface area contributed by atoms with Gasteiger partial charge in [-0.3, -0.25) is 10.1 Å². The monoisotopic (exact) mass is 434 g/mol. The number of hydrogen-bond donors (Lipinski definition) is 2. The number of benzene rings is 1. The van der Waals surface area contributed by atoms with Crippen molar-refractivity contribution in [2.75, 3.05) is 19.0 Å².